The van der Waals surface area contributed by atoms with Crippen molar-refractivity contribution in [2.45, 2.75) is 45.6 Å². The number of hydrogen-bond donors (Lipinski definition) is 0. The highest BCUT2D eigenvalue weighted by atomic mass is 32.1. The van der Waals surface area contributed by atoms with Crippen LogP contribution in [0.15, 0.2) is 29.6 Å². The third kappa shape index (κ3) is 3.58. The number of imide groups is 1. The molecular weight excluding hydrogens is 374 g/mol. The van der Waals surface area contributed by atoms with Gasteiger partial charge in [-0.15, -0.1) is 11.3 Å². The Morgan fingerprint density at radius 3 is 2.57 bits per heavy atom. The van der Waals surface area contributed by atoms with Gasteiger partial charge in [0.15, 0.2) is 0 Å². The van der Waals surface area contributed by atoms with Crippen molar-refractivity contribution in [3.8, 4) is 0 Å². The number of amides is 3. The zero-order valence-corrected chi connectivity index (χ0v) is 17.5. The third-order valence-electron chi connectivity index (χ3n) is 5.33. The third-order valence-corrected chi connectivity index (χ3v) is 6.15. The lowest BCUT2D eigenvalue weighted by molar-refractivity contribution is -0.142. The van der Waals surface area contributed by atoms with Crippen molar-refractivity contribution in [1.82, 2.24) is 14.8 Å². The summed E-state index contributed by atoms with van der Waals surface area (Å²) in [6.07, 6.45) is -0.00153. The van der Waals surface area contributed by atoms with Crippen LogP contribution in [0.3, 0.4) is 0 Å². The van der Waals surface area contributed by atoms with Gasteiger partial charge >= 0.3 is 0 Å². The van der Waals surface area contributed by atoms with E-state index in [2.05, 4.69) is 4.98 Å². The summed E-state index contributed by atoms with van der Waals surface area (Å²) >= 11 is 1.54. The Hall–Kier alpha value is -2.54. The molecule has 1 aromatic carbocycles. The monoisotopic (exact) mass is 399 g/mol. The highest BCUT2D eigenvalue weighted by molar-refractivity contribution is 7.09. The summed E-state index contributed by atoms with van der Waals surface area (Å²) in [5.74, 6) is -0.671. The maximum atomic E-state index is 13.3. The normalized spacial score (nSPS) is 19.4. The van der Waals surface area contributed by atoms with E-state index in [4.69, 9.17) is 0 Å². The summed E-state index contributed by atoms with van der Waals surface area (Å²) in [4.78, 5) is 46.1. The zero-order chi connectivity index (χ0) is 20.5. The quantitative estimate of drug-likeness (QED) is 0.701. The molecule has 1 atom stereocenters. The smallest absolute Gasteiger partial charge is 0.240 e. The molecule has 0 saturated carbocycles. The minimum absolute atomic E-state index is 0.0277. The van der Waals surface area contributed by atoms with Crippen molar-refractivity contribution in [3.63, 3.8) is 0 Å². The van der Waals surface area contributed by atoms with Crippen LogP contribution in [-0.2, 0) is 26.3 Å². The predicted octanol–water partition coefficient (Wildman–Crippen LogP) is 2.83. The summed E-state index contributed by atoms with van der Waals surface area (Å²) in [5, 5.41) is 2.88. The van der Waals surface area contributed by atoms with Gasteiger partial charge < -0.3 is 4.90 Å². The van der Waals surface area contributed by atoms with Crippen molar-refractivity contribution in [1.29, 1.82) is 0 Å². The van der Waals surface area contributed by atoms with Crippen LogP contribution in [-0.4, -0.2) is 46.1 Å². The number of aromatic nitrogens is 1. The molecule has 0 N–H and O–H groups in total. The minimum Gasteiger partial charge on any atom is -0.340 e. The lowest BCUT2D eigenvalue weighted by Crippen LogP contribution is -2.43. The van der Waals surface area contributed by atoms with Gasteiger partial charge in [0.25, 0.3) is 0 Å². The number of hydrogen-bond acceptors (Lipinski definition) is 5. The molecule has 28 heavy (non-hydrogen) atoms. The first kappa shape index (κ1) is 20.2. The molecule has 2 heterocycles. The standard InChI is InChI=1S/C21H25N3O3S/c1-5-24-19(26)11-21(20(24)27,17-9-7-6-8-14(17)2)10-18(25)23(4)12-16-13-28-15(3)22-16/h6-9,13H,5,10-12H2,1-4H3/t21-/m1/s1. The molecule has 2 aromatic rings. The number of likely N-dealkylation sites (tertiary alicyclic amines) is 1. The van der Waals surface area contributed by atoms with Gasteiger partial charge in [0.05, 0.1) is 22.7 Å². The van der Waals surface area contributed by atoms with Gasteiger partial charge in [0.1, 0.15) is 0 Å². The number of thiazole rings is 1. The molecule has 1 saturated heterocycles. The van der Waals surface area contributed by atoms with Gasteiger partial charge in [0.2, 0.25) is 17.7 Å². The average molecular weight is 400 g/mol. The van der Waals surface area contributed by atoms with Crippen LogP contribution < -0.4 is 0 Å². The number of aryl methyl sites for hydroxylation is 2. The van der Waals surface area contributed by atoms with Gasteiger partial charge in [-0.25, -0.2) is 4.98 Å². The fraction of sp³-hybridized carbons (Fsp3) is 0.429. The van der Waals surface area contributed by atoms with Crippen LogP contribution in [0.25, 0.3) is 0 Å². The summed E-state index contributed by atoms with van der Waals surface area (Å²) in [7, 11) is 1.71. The van der Waals surface area contributed by atoms with Crippen LogP contribution in [0, 0.1) is 13.8 Å². The summed E-state index contributed by atoms with van der Waals surface area (Å²) in [5.41, 5.74) is 1.36. The van der Waals surface area contributed by atoms with Crippen LogP contribution in [0.5, 0.6) is 0 Å². The molecule has 0 aliphatic carbocycles. The highest BCUT2D eigenvalue weighted by Crippen LogP contribution is 2.41. The Kier molecular flexibility index (Phi) is 5.65. The first-order valence-electron chi connectivity index (χ1n) is 9.34. The van der Waals surface area contributed by atoms with Crippen molar-refractivity contribution in [3.05, 3.63) is 51.5 Å². The number of likely N-dealkylation sites (N-methyl/N-ethyl adjacent to an activating group) is 1. The van der Waals surface area contributed by atoms with Gasteiger partial charge in [-0.3, -0.25) is 19.3 Å². The molecule has 1 fully saturated rings. The molecule has 0 spiro atoms. The van der Waals surface area contributed by atoms with E-state index in [-0.39, 0.29) is 30.6 Å². The summed E-state index contributed by atoms with van der Waals surface area (Å²) in [6.45, 7) is 6.31. The zero-order valence-electron chi connectivity index (χ0n) is 16.7. The fourth-order valence-corrected chi connectivity index (χ4v) is 4.48. The SMILES string of the molecule is CCN1C(=O)C[C@](CC(=O)N(C)Cc2csc(C)n2)(c2ccccc2C)C1=O. The van der Waals surface area contributed by atoms with E-state index in [1.807, 2.05) is 43.5 Å². The summed E-state index contributed by atoms with van der Waals surface area (Å²) < 4.78 is 0. The maximum Gasteiger partial charge on any atom is 0.240 e. The minimum atomic E-state index is -1.14. The van der Waals surface area contributed by atoms with E-state index in [0.717, 1.165) is 21.8 Å². The Bertz CT molecular complexity index is 923. The number of benzene rings is 1. The lowest BCUT2D eigenvalue weighted by Gasteiger charge is -2.30. The molecule has 7 heteroatoms. The number of nitrogens with zero attached hydrogens (tertiary/aromatic N) is 3. The highest BCUT2D eigenvalue weighted by Gasteiger charge is 2.54. The molecule has 0 bridgehead atoms. The van der Waals surface area contributed by atoms with E-state index in [9.17, 15) is 14.4 Å². The predicted molar refractivity (Wildman–Crippen MR) is 108 cm³/mol. The Morgan fingerprint density at radius 1 is 1.29 bits per heavy atom. The van der Waals surface area contributed by atoms with E-state index in [1.54, 1.807) is 18.9 Å². The van der Waals surface area contributed by atoms with Crippen LogP contribution in [0.4, 0.5) is 0 Å². The van der Waals surface area contributed by atoms with Gasteiger partial charge in [0, 0.05) is 31.8 Å². The molecule has 0 radical (unpaired) electrons. The second-order valence-electron chi connectivity index (χ2n) is 7.30. The Labute approximate surface area is 169 Å². The Morgan fingerprint density at radius 2 is 2.00 bits per heavy atom. The number of carbonyl (C=O) groups is 3. The molecule has 1 aliphatic rings. The largest absolute Gasteiger partial charge is 0.340 e. The van der Waals surface area contributed by atoms with Crippen LogP contribution in [0.2, 0.25) is 0 Å². The number of rotatable bonds is 6. The second kappa shape index (κ2) is 7.83. The van der Waals surface area contributed by atoms with Gasteiger partial charge in [-0.2, -0.15) is 0 Å². The lowest BCUT2D eigenvalue weighted by atomic mass is 9.74. The molecule has 3 amide bonds. The summed E-state index contributed by atoms with van der Waals surface area (Å²) in [6, 6.07) is 7.51. The van der Waals surface area contributed by atoms with Crippen molar-refractivity contribution in [2.75, 3.05) is 13.6 Å². The van der Waals surface area contributed by atoms with Crippen molar-refractivity contribution in [2.24, 2.45) is 0 Å². The molecule has 6 nitrogen and oxygen atoms in total. The molecule has 0 unspecified atom stereocenters. The van der Waals surface area contributed by atoms with Crippen LogP contribution >= 0.6 is 11.3 Å². The molecule has 148 valence electrons. The first-order valence-corrected chi connectivity index (χ1v) is 10.2. The molecular formula is C21H25N3O3S. The molecule has 3 rings (SSSR count). The van der Waals surface area contributed by atoms with E-state index >= 15 is 0 Å². The number of carbonyl (C=O) groups excluding carboxylic acids is 3. The fourth-order valence-electron chi connectivity index (χ4n) is 3.88. The van der Waals surface area contributed by atoms with E-state index in [0.29, 0.717) is 13.1 Å². The second-order valence-corrected chi connectivity index (χ2v) is 8.36. The van der Waals surface area contributed by atoms with Crippen LogP contribution in [0.1, 0.15) is 41.6 Å². The molecule has 1 aliphatic heterocycles. The topological polar surface area (TPSA) is 70.6 Å². The van der Waals surface area contributed by atoms with Gasteiger partial charge in [-0.05, 0) is 31.9 Å². The Balaban J connectivity index is 1.92. The van der Waals surface area contributed by atoms with Gasteiger partial charge in [-0.1, -0.05) is 24.3 Å². The van der Waals surface area contributed by atoms with E-state index in [1.165, 1.54) is 16.2 Å². The first-order chi connectivity index (χ1) is 13.3. The van der Waals surface area contributed by atoms with Crippen molar-refractivity contribution >= 4 is 29.1 Å². The van der Waals surface area contributed by atoms with E-state index < -0.39 is 5.41 Å². The molecule has 1 aromatic heterocycles. The average Bonchev–Trinajstić information content (AvgIpc) is 3.16. The maximum absolute atomic E-state index is 13.3. The van der Waals surface area contributed by atoms with Crippen molar-refractivity contribution < 1.29 is 14.4 Å².